The van der Waals surface area contributed by atoms with Crippen LogP contribution in [0.1, 0.15) is 18.4 Å². The standard InChI is InChI=1S/C14H16N2O4/c17-12-8-11(15-7-6-13(18)19)14(20)16(12)9-10-4-2-1-3-5-10/h1-5,11,15H,6-9H2,(H,18,19)/t11-/m0/s1. The molecule has 1 aromatic carbocycles. The van der Waals surface area contributed by atoms with Gasteiger partial charge in [-0.05, 0) is 5.56 Å². The second-order valence-corrected chi connectivity index (χ2v) is 4.66. The second kappa shape index (κ2) is 6.29. The van der Waals surface area contributed by atoms with Crippen molar-refractivity contribution in [2.24, 2.45) is 0 Å². The van der Waals surface area contributed by atoms with Crippen molar-refractivity contribution in [2.45, 2.75) is 25.4 Å². The molecular formula is C14H16N2O4. The fourth-order valence-electron chi connectivity index (χ4n) is 2.13. The van der Waals surface area contributed by atoms with Crippen molar-refractivity contribution in [3.05, 3.63) is 35.9 Å². The fraction of sp³-hybridized carbons (Fsp3) is 0.357. The molecule has 0 unspecified atom stereocenters. The van der Waals surface area contributed by atoms with Crippen LogP contribution < -0.4 is 5.32 Å². The first kappa shape index (κ1) is 14.2. The van der Waals surface area contributed by atoms with E-state index >= 15 is 0 Å². The van der Waals surface area contributed by atoms with E-state index in [9.17, 15) is 14.4 Å². The maximum absolute atomic E-state index is 12.1. The predicted octanol–water partition coefficient (Wildman–Crippen LogP) is 0.378. The van der Waals surface area contributed by atoms with Crippen molar-refractivity contribution in [1.82, 2.24) is 10.2 Å². The molecule has 20 heavy (non-hydrogen) atoms. The fourth-order valence-corrected chi connectivity index (χ4v) is 2.13. The minimum Gasteiger partial charge on any atom is -0.481 e. The maximum Gasteiger partial charge on any atom is 0.304 e. The van der Waals surface area contributed by atoms with Crippen LogP contribution in [0.25, 0.3) is 0 Å². The van der Waals surface area contributed by atoms with Gasteiger partial charge in [0.1, 0.15) is 0 Å². The number of nitrogens with zero attached hydrogens (tertiary/aromatic N) is 1. The van der Waals surface area contributed by atoms with Crippen LogP contribution in [0.4, 0.5) is 0 Å². The lowest BCUT2D eigenvalue weighted by molar-refractivity contribution is -0.140. The second-order valence-electron chi connectivity index (χ2n) is 4.66. The van der Waals surface area contributed by atoms with Crippen LogP contribution in [0.3, 0.4) is 0 Å². The van der Waals surface area contributed by atoms with Crippen molar-refractivity contribution in [3.8, 4) is 0 Å². The molecule has 0 aromatic heterocycles. The van der Waals surface area contributed by atoms with Crippen LogP contribution in [-0.2, 0) is 20.9 Å². The molecule has 0 spiro atoms. The van der Waals surface area contributed by atoms with E-state index in [0.717, 1.165) is 5.56 Å². The largest absolute Gasteiger partial charge is 0.481 e. The Morgan fingerprint density at radius 1 is 1.30 bits per heavy atom. The van der Waals surface area contributed by atoms with Crippen LogP contribution in [0.5, 0.6) is 0 Å². The molecule has 2 N–H and O–H groups in total. The van der Waals surface area contributed by atoms with E-state index in [4.69, 9.17) is 5.11 Å². The molecule has 1 fully saturated rings. The molecule has 2 rings (SSSR count). The predicted molar refractivity (Wildman–Crippen MR) is 70.7 cm³/mol. The number of benzene rings is 1. The maximum atomic E-state index is 12.1. The Kier molecular flexibility index (Phi) is 4.47. The van der Waals surface area contributed by atoms with Crippen molar-refractivity contribution in [3.63, 3.8) is 0 Å². The van der Waals surface area contributed by atoms with Crippen molar-refractivity contribution in [2.75, 3.05) is 6.54 Å². The molecule has 0 aliphatic carbocycles. The molecule has 106 valence electrons. The quantitative estimate of drug-likeness (QED) is 0.733. The van der Waals surface area contributed by atoms with E-state index in [1.54, 1.807) is 0 Å². The van der Waals surface area contributed by atoms with E-state index in [1.807, 2.05) is 30.3 Å². The number of hydrogen-bond donors (Lipinski definition) is 2. The monoisotopic (exact) mass is 276 g/mol. The van der Waals surface area contributed by atoms with Crippen LogP contribution in [-0.4, -0.2) is 40.4 Å². The van der Waals surface area contributed by atoms with Gasteiger partial charge >= 0.3 is 5.97 Å². The summed E-state index contributed by atoms with van der Waals surface area (Å²) in [4.78, 5) is 35.6. The van der Waals surface area contributed by atoms with Gasteiger partial charge < -0.3 is 10.4 Å². The summed E-state index contributed by atoms with van der Waals surface area (Å²) in [6.07, 6.45) is 0.0158. The average molecular weight is 276 g/mol. The van der Waals surface area contributed by atoms with Gasteiger partial charge in [-0.2, -0.15) is 0 Å². The summed E-state index contributed by atoms with van der Waals surface area (Å²) in [6.45, 7) is 0.438. The first-order valence-electron chi connectivity index (χ1n) is 6.41. The SMILES string of the molecule is O=C(O)CCN[C@H]1CC(=O)N(Cc2ccccc2)C1=O. The summed E-state index contributed by atoms with van der Waals surface area (Å²) in [6, 6.07) is 8.67. The Bertz CT molecular complexity index is 515. The zero-order chi connectivity index (χ0) is 14.5. The number of carboxylic acid groups (broad SMARTS) is 1. The molecule has 1 saturated heterocycles. The summed E-state index contributed by atoms with van der Waals surface area (Å²) in [5.74, 6) is -1.45. The Morgan fingerprint density at radius 2 is 2.00 bits per heavy atom. The Morgan fingerprint density at radius 3 is 2.65 bits per heavy atom. The number of amides is 2. The number of carbonyl (C=O) groups excluding carboxylic acids is 2. The van der Waals surface area contributed by atoms with Crippen LogP contribution in [0.2, 0.25) is 0 Å². The van der Waals surface area contributed by atoms with Gasteiger partial charge in [-0.1, -0.05) is 30.3 Å². The highest BCUT2D eigenvalue weighted by atomic mass is 16.4. The summed E-state index contributed by atoms with van der Waals surface area (Å²) >= 11 is 0. The lowest BCUT2D eigenvalue weighted by atomic mass is 10.2. The number of likely N-dealkylation sites (tertiary alicyclic amines) is 1. The average Bonchev–Trinajstić information content (AvgIpc) is 2.67. The number of carboxylic acids is 1. The third-order valence-electron chi connectivity index (χ3n) is 3.16. The number of rotatable bonds is 6. The van der Waals surface area contributed by atoms with Gasteiger partial charge in [-0.15, -0.1) is 0 Å². The highest BCUT2D eigenvalue weighted by Crippen LogP contribution is 2.16. The molecule has 0 saturated carbocycles. The normalized spacial score (nSPS) is 18.6. The van der Waals surface area contributed by atoms with E-state index in [2.05, 4.69) is 5.32 Å². The van der Waals surface area contributed by atoms with Gasteiger partial charge in [0.2, 0.25) is 11.8 Å². The highest BCUT2D eigenvalue weighted by molar-refractivity contribution is 6.05. The number of hydrogen-bond acceptors (Lipinski definition) is 4. The minimum absolute atomic E-state index is 0.0728. The zero-order valence-corrected chi connectivity index (χ0v) is 10.9. The highest BCUT2D eigenvalue weighted by Gasteiger charge is 2.37. The molecule has 1 aliphatic heterocycles. The molecule has 1 atom stereocenters. The van der Waals surface area contributed by atoms with E-state index in [-0.39, 0.29) is 37.7 Å². The molecule has 1 aromatic rings. The molecule has 2 amide bonds. The Balaban J connectivity index is 1.93. The topological polar surface area (TPSA) is 86.7 Å². The van der Waals surface area contributed by atoms with E-state index < -0.39 is 12.0 Å². The number of imide groups is 1. The lowest BCUT2D eigenvalue weighted by Gasteiger charge is -2.15. The van der Waals surface area contributed by atoms with Gasteiger partial charge in [0.25, 0.3) is 0 Å². The Hall–Kier alpha value is -2.21. The summed E-state index contributed by atoms with van der Waals surface area (Å²) in [5, 5.41) is 11.4. The molecule has 1 aliphatic rings. The number of carbonyl (C=O) groups is 3. The lowest BCUT2D eigenvalue weighted by Crippen LogP contribution is -2.39. The summed E-state index contributed by atoms with van der Waals surface area (Å²) < 4.78 is 0. The summed E-state index contributed by atoms with van der Waals surface area (Å²) in [7, 11) is 0. The van der Waals surface area contributed by atoms with E-state index in [1.165, 1.54) is 4.90 Å². The third kappa shape index (κ3) is 3.42. The molecule has 6 heteroatoms. The van der Waals surface area contributed by atoms with Crippen molar-refractivity contribution < 1.29 is 19.5 Å². The molecule has 0 bridgehead atoms. The molecule has 1 heterocycles. The smallest absolute Gasteiger partial charge is 0.304 e. The zero-order valence-electron chi connectivity index (χ0n) is 10.9. The van der Waals surface area contributed by atoms with Crippen LogP contribution >= 0.6 is 0 Å². The summed E-state index contributed by atoms with van der Waals surface area (Å²) in [5.41, 5.74) is 0.889. The first-order chi connectivity index (χ1) is 9.58. The molecular weight excluding hydrogens is 260 g/mol. The van der Waals surface area contributed by atoms with Gasteiger partial charge in [0.15, 0.2) is 0 Å². The van der Waals surface area contributed by atoms with E-state index in [0.29, 0.717) is 0 Å². The van der Waals surface area contributed by atoms with Gasteiger partial charge in [-0.25, -0.2) is 0 Å². The van der Waals surface area contributed by atoms with Gasteiger partial charge in [-0.3, -0.25) is 19.3 Å². The molecule has 6 nitrogen and oxygen atoms in total. The third-order valence-corrected chi connectivity index (χ3v) is 3.16. The van der Waals surface area contributed by atoms with Crippen LogP contribution in [0.15, 0.2) is 30.3 Å². The van der Waals surface area contributed by atoms with Crippen molar-refractivity contribution >= 4 is 17.8 Å². The van der Waals surface area contributed by atoms with Gasteiger partial charge in [0, 0.05) is 6.54 Å². The van der Waals surface area contributed by atoms with Crippen LogP contribution in [0, 0.1) is 0 Å². The first-order valence-corrected chi connectivity index (χ1v) is 6.41. The number of nitrogens with one attached hydrogen (secondary N) is 1. The minimum atomic E-state index is -0.935. The van der Waals surface area contributed by atoms with Crippen molar-refractivity contribution in [1.29, 1.82) is 0 Å². The Labute approximate surface area is 116 Å². The van der Waals surface area contributed by atoms with Gasteiger partial charge in [0.05, 0.1) is 25.4 Å². The number of aliphatic carboxylic acids is 1. The molecule has 0 radical (unpaired) electrons.